The summed E-state index contributed by atoms with van der Waals surface area (Å²) < 4.78 is 11.5. The van der Waals surface area contributed by atoms with Gasteiger partial charge in [0.1, 0.15) is 11.5 Å². The second-order valence-corrected chi connectivity index (χ2v) is 9.75. The fourth-order valence-corrected chi connectivity index (χ4v) is 5.42. The summed E-state index contributed by atoms with van der Waals surface area (Å²) in [7, 11) is 0. The maximum absolute atomic E-state index is 13.2. The molecule has 5 rings (SSSR count). The van der Waals surface area contributed by atoms with E-state index in [2.05, 4.69) is 10.3 Å². The van der Waals surface area contributed by atoms with Crippen LogP contribution in [-0.4, -0.2) is 33.5 Å². The number of hydrogen-bond donors (Lipinski definition) is 1. The molecule has 1 amide bonds. The van der Waals surface area contributed by atoms with Crippen molar-refractivity contribution in [2.75, 3.05) is 6.61 Å². The van der Waals surface area contributed by atoms with Crippen molar-refractivity contribution in [3.8, 4) is 11.5 Å². The molecule has 9 heteroatoms. The van der Waals surface area contributed by atoms with E-state index in [1.54, 1.807) is 19.3 Å². The molecule has 3 heterocycles. The standard InChI is InChI=1S/C30H28N4O4S/c1-3-37-29(36)27-20(2)33-30-34(23(19-39-30)16-26(35)32-18-21-9-8-14-31-17-21)28(27)22-10-7-13-25(15-22)38-24-11-5-4-6-12-24/h4-15,17,19,28H,3,16,18H2,1-2H3,(H,32,35)/t28-/m1/s1. The fraction of sp³-hybridized carbons (Fsp3) is 0.200. The van der Waals surface area contributed by atoms with Gasteiger partial charge in [-0.2, -0.15) is 0 Å². The Morgan fingerprint density at radius 3 is 2.64 bits per heavy atom. The van der Waals surface area contributed by atoms with Crippen LogP contribution in [0.2, 0.25) is 0 Å². The maximum Gasteiger partial charge on any atom is 0.338 e. The van der Waals surface area contributed by atoms with E-state index >= 15 is 0 Å². The number of pyridine rings is 1. The van der Waals surface area contributed by atoms with Gasteiger partial charge in [0.05, 0.1) is 30.3 Å². The molecule has 39 heavy (non-hydrogen) atoms. The van der Waals surface area contributed by atoms with Crippen molar-refractivity contribution in [2.24, 2.45) is 4.99 Å². The number of para-hydroxylation sites is 1. The number of amides is 1. The smallest absolute Gasteiger partial charge is 0.338 e. The van der Waals surface area contributed by atoms with E-state index in [9.17, 15) is 9.59 Å². The van der Waals surface area contributed by atoms with Crippen molar-refractivity contribution in [3.63, 3.8) is 0 Å². The minimum atomic E-state index is -0.539. The third-order valence-electron chi connectivity index (χ3n) is 6.20. The zero-order valence-corrected chi connectivity index (χ0v) is 22.5. The molecule has 1 aromatic heterocycles. The highest BCUT2D eigenvalue weighted by atomic mass is 32.2. The van der Waals surface area contributed by atoms with Gasteiger partial charge in [-0.3, -0.25) is 9.78 Å². The lowest BCUT2D eigenvalue weighted by Gasteiger charge is -2.36. The lowest BCUT2D eigenvalue weighted by molar-refractivity contribution is -0.139. The number of amidine groups is 1. The van der Waals surface area contributed by atoms with E-state index in [1.807, 2.05) is 84.0 Å². The van der Waals surface area contributed by atoms with Crippen LogP contribution >= 0.6 is 11.8 Å². The van der Waals surface area contributed by atoms with Crippen LogP contribution in [0.1, 0.15) is 37.4 Å². The van der Waals surface area contributed by atoms with E-state index < -0.39 is 12.0 Å². The Kier molecular flexibility index (Phi) is 8.07. The molecule has 2 aliphatic heterocycles. The van der Waals surface area contributed by atoms with Crippen LogP contribution in [0.5, 0.6) is 11.5 Å². The summed E-state index contributed by atoms with van der Waals surface area (Å²) in [6.45, 7) is 4.21. The Morgan fingerprint density at radius 2 is 1.87 bits per heavy atom. The molecule has 198 valence electrons. The first-order chi connectivity index (χ1) is 19.0. The predicted octanol–water partition coefficient (Wildman–Crippen LogP) is 5.72. The van der Waals surface area contributed by atoms with Gasteiger partial charge in [0.25, 0.3) is 0 Å². The number of ether oxygens (including phenoxy) is 2. The molecule has 2 aromatic carbocycles. The van der Waals surface area contributed by atoms with E-state index in [0.717, 1.165) is 16.8 Å². The van der Waals surface area contributed by atoms with Crippen LogP contribution in [0.4, 0.5) is 0 Å². The largest absolute Gasteiger partial charge is 0.463 e. The second kappa shape index (κ2) is 12.0. The molecule has 0 spiro atoms. The lowest BCUT2D eigenvalue weighted by Crippen LogP contribution is -2.38. The third kappa shape index (κ3) is 6.04. The van der Waals surface area contributed by atoms with Gasteiger partial charge in [-0.05, 0) is 60.7 Å². The van der Waals surface area contributed by atoms with Gasteiger partial charge in [0.2, 0.25) is 5.91 Å². The number of benzene rings is 2. The number of thioether (sulfide) groups is 1. The number of hydrogen-bond acceptors (Lipinski definition) is 8. The SMILES string of the molecule is CCOC(=O)C1=C(C)N=C2SC=C(CC(=O)NCc3cccnc3)N2[C@@H]1c1cccc(Oc2ccccc2)c1. The lowest BCUT2D eigenvalue weighted by atomic mass is 9.93. The quantitative estimate of drug-likeness (QED) is 0.347. The van der Waals surface area contributed by atoms with Crippen molar-refractivity contribution in [2.45, 2.75) is 32.9 Å². The summed E-state index contributed by atoms with van der Waals surface area (Å²) in [4.78, 5) is 36.9. The summed E-state index contributed by atoms with van der Waals surface area (Å²) in [6, 6.07) is 20.3. The van der Waals surface area contributed by atoms with Gasteiger partial charge in [0.15, 0.2) is 5.17 Å². The van der Waals surface area contributed by atoms with Gasteiger partial charge in [-0.15, -0.1) is 0 Å². The number of esters is 1. The summed E-state index contributed by atoms with van der Waals surface area (Å²) in [5.74, 6) is 0.765. The van der Waals surface area contributed by atoms with Gasteiger partial charge < -0.3 is 19.7 Å². The monoisotopic (exact) mass is 540 g/mol. The summed E-state index contributed by atoms with van der Waals surface area (Å²) in [6.07, 6.45) is 3.54. The van der Waals surface area contributed by atoms with E-state index in [-0.39, 0.29) is 18.9 Å². The minimum absolute atomic E-state index is 0.123. The zero-order valence-electron chi connectivity index (χ0n) is 21.7. The Morgan fingerprint density at radius 1 is 1.05 bits per heavy atom. The topological polar surface area (TPSA) is 93.1 Å². The first kappa shape index (κ1) is 26.2. The Labute approximate surface area is 231 Å². The van der Waals surface area contributed by atoms with Crippen LogP contribution < -0.4 is 10.1 Å². The molecule has 3 aromatic rings. The number of carbonyl (C=O) groups is 2. The highest BCUT2D eigenvalue weighted by Gasteiger charge is 2.41. The number of nitrogens with one attached hydrogen (secondary N) is 1. The summed E-state index contributed by atoms with van der Waals surface area (Å²) in [5.41, 5.74) is 3.50. The molecule has 0 radical (unpaired) electrons. The minimum Gasteiger partial charge on any atom is -0.463 e. The zero-order chi connectivity index (χ0) is 27.2. The van der Waals surface area contributed by atoms with E-state index in [4.69, 9.17) is 14.5 Å². The number of nitrogens with zero attached hydrogens (tertiary/aromatic N) is 3. The fourth-order valence-electron chi connectivity index (χ4n) is 4.46. The molecule has 2 aliphatic rings. The van der Waals surface area contributed by atoms with Crippen LogP contribution in [0, 0.1) is 0 Å². The molecule has 0 bridgehead atoms. The molecule has 0 saturated carbocycles. The normalized spacial score (nSPS) is 16.3. The first-order valence-corrected chi connectivity index (χ1v) is 13.5. The first-order valence-electron chi connectivity index (χ1n) is 12.6. The van der Waals surface area contributed by atoms with E-state index in [0.29, 0.717) is 34.5 Å². The van der Waals surface area contributed by atoms with Crippen LogP contribution in [0.15, 0.2) is 106 Å². The van der Waals surface area contributed by atoms with Gasteiger partial charge in [0, 0.05) is 24.6 Å². The molecule has 1 N–H and O–H groups in total. The molecule has 0 unspecified atom stereocenters. The van der Waals surface area contributed by atoms with Crippen LogP contribution in [0.25, 0.3) is 0 Å². The highest BCUT2D eigenvalue weighted by Crippen LogP contribution is 2.45. The average Bonchev–Trinajstić information content (AvgIpc) is 3.34. The van der Waals surface area contributed by atoms with Crippen LogP contribution in [0.3, 0.4) is 0 Å². The molecule has 0 aliphatic carbocycles. The van der Waals surface area contributed by atoms with Crippen molar-refractivity contribution in [1.29, 1.82) is 0 Å². The van der Waals surface area contributed by atoms with Crippen molar-refractivity contribution in [3.05, 3.63) is 113 Å². The van der Waals surface area contributed by atoms with Gasteiger partial charge >= 0.3 is 5.97 Å². The van der Waals surface area contributed by atoms with Crippen molar-refractivity contribution in [1.82, 2.24) is 15.2 Å². The van der Waals surface area contributed by atoms with Crippen molar-refractivity contribution >= 4 is 28.8 Å². The Bertz CT molecular complexity index is 1450. The molecular formula is C30H28N4O4S. The molecule has 8 nitrogen and oxygen atoms in total. The van der Waals surface area contributed by atoms with Crippen molar-refractivity contribution < 1.29 is 19.1 Å². The summed E-state index contributed by atoms with van der Waals surface area (Å²) in [5, 5.41) is 5.58. The van der Waals surface area contributed by atoms with Gasteiger partial charge in [-0.25, -0.2) is 9.79 Å². The number of allylic oxidation sites excluding steroid dienone is 1. The van der Waals surface area contributed by atoms with Crippen LogP contribution in [-0.2, 0) is 20.9 Å². The number of carbonyl (C=O) groups excluding carboxylic acids is 2. The second-order valence-electron chi connectivity index (χ2n) is 8.92. The maximum atomic E-state index is 13.2. The number of aliphatic imine (C=N–C) groups is 1. The molecular weight excluding hydrogens is 512 g/mol. The number of aromatic nitrogens is 1. The Balaban J connectivity index is 1.44. The molecule has 1 atom stereocenters. The average molecular weight is 541 g/mol. The van der Waals surface area contributed by atoms with Gasteiger partial charge in [-0.1, -0.05) is 48.2 Å². The Hall–Kier alpha value is -4.37. The molecule has 0 saturated heterocycles. The third-order valence-corrected chi connectivity index (χ3v) is 7.09. The summed E-state index contributed by atoms with van der Waals surface area (Å²) >= 11 is 1.43. The number of rotatable bonds is 9. The predicted molar refractivity (Wildman–Crippen MR) is 151 cm³/mol. The number of fused-ring (bicyclic) bond motifs is 1. The molecule has 0 fully saturated rings. The highest BCUT2D eigenvalue weighted by molar-refractivity contribution is 8.16. The van der Waals surface area contributed by atoms with E-state index in [1.165, 1.54) is 11.8 Å².